The van der Waals surface area contributed by atoms with Crippen molar-refractivity contribution in [2.75, 3.05) is 6.61 Å². The Balaban J connectivity index is 1.92. The zero-order valence-electron chi connectivity index (χ0n) is 12.2. The molecule has 0 bridgehead atoms. The van der Waals surface area contributed by atoms with Crippen molar-refractivity contribution in [2.45, 2.75) is 51.4 Å². The zero-order chi connectivity index (χ0) is 14.5. The van der Waals surface area contributed by atoms with Crippen molar-refractivity contribution < 1.29 is 9.53 Å². The summed E-state index contributed by atoms with van der Waals surface area (Å²) in [4.78, 5) is 15.5. The van der Waals surface area contributed by atoms with Gasteiger partial charge in [0.2, 0.25) is 0 Å². The van der Waals surface area contributed by atoms with Gasteiger partial charge in [0.15, 0.2) is 0 Å². The Bertz CT molecular complexity index is 376. The number of nitrogens with zero attached hydrogens (tertiary/aromatic N) is 1. The summed E-state index contributed by atoms with van der Waals surface area (Å²) in [6.07, 6.45) is 14.7. The molecule has 0 radical (unpaired) electrons. The predicted molar refractivity (Wildman–Crippen MR) is 81.7 cm³/mol. The Morgan fingerprint density at radius 1 is 1.15 bits per heavy atom. The molecule has 0 spiro atoms. The second kappa shape index (κ2) is 11.2. The Kier molecular flexibility index (Phi) is 9.20. The number of unbranched alkanes of at least 4 members (excludes halogenated alkanes) is 7. The molecule has 3 heteroatoms. The number of esters is 1. The van der Waals surface area contributed by atoms with Crippen LogP contribution in [0.25, 0.3) is 0 Å². The topological polar surface area (TPSA) is 39.2 Å². The molecule has 0 saturated heterocycles. The zero-order valence-corrected chi connectivity index (χ0v) is 12.2. The van der Waals surface area contributed by atoms with Gasteiger partial charge in [0, 0.05) is 12.4 Å². The number of aromatic nitrogens is 1. The summed E-state index contributed by atoms with van der Waals surface area (Å²) < 4.78 is 5.20. The molecule has 0 aliphatic carbocycles. The van der Waals surface area contributed by atoms with Crippen molar-refractivity contribution in [1.82, 2.24) is 4.98 Å². The van der Waals surface area contributed by atoms with E-state index in [1.807, 2.05) is 6.08 Å². The van der Waals surface area contributed by atoms with Crippen molar-refractivity contribution in [3.05, 3.63) is 42.7 Å². The number of hydrogen-bond acceptors (Lipinski definition) is 3. The normalized spacial score (nSPS) is 10.2. The van der Waals surface area contributed by atoms with Gasteiger partial charge >= 0.3 is 5.97 Å². The van der Waals surface area contributed by atoms with Crippen molar-refractivity contribution in [2.24, 2.45) is 0 Å². The molecule has 1 aromatic rings. The third kappa shape index (κ3) is 7.72. The first kappa shape index (κ1) is 16.4. The number of carbonyl (C=O) groups excluding carboxylic acids is 1. The third-order valence-corrected chi connectivity index (χ3v) is 3.18. The summed E-state index contributed by atoms with van der Waals surface area (Å²) in [7, 11) is 0. The van der Waals surface area contributed by atoms with E-state index in [1.54, 1.807) is 18.3 Å². The molecule has 0 atom stereocenters. The maximum Gasteiger partial charge on any atom is 0.339 e. The minimum Gasteiger partial charge on any atom is -0.462 e. The van der Waals surface area contributed by atoms with Crippen LogP contribution in [0, 0.1) is 0 Å². The van der Waals surface area contributed by atoms with Gasteiger partial charge in [0.25, 0.3) is 0 Å². The van der Waals surface area contributed by atoms with Crippen LogP contribution in [0.5, 0.6) is 0 Å². The Labute approximate surface area is 122 Å². The molecule has 1 heterocycles. The van der Waals surface area contributed by atoms with Gasteiger partial charge < -0.3 is 4.74 Å². The maximum atomic E-state index is 11.6. The molecule has 3 nitrogen and oxygen atoms in total. The molecule has 0 aliphatic rings. The summed E-state index contributed by atoms with van der Waals surface area (Å²) in [5, 5.41) is 0. The summed E-state index contributed by atoms with van der Waals surface area (Å²) in [6.45, 7) is 4.22. The molecule has 1 aromatic heterocycles. The van der Waals surface area contributed by atoms with Crippen molar-refractivity contribution >= 4 is 5.97 Å². The van der Waals surface area contributed by atoms with E-state index >= 15 is 0 Å². The van der Waals surface area contributed by atoms with Crippen LogP contribution >= 0.6 is 0 Å². The fourth-order valence-corrected chi connectivity index (χ4v) is 2.01. The molecule has 0 aromatic carbocycles. The van der Waals surface area contributed by atoms with Crippen LogP contribution in [0.2, 0.25) is 0 Å². The minimum atomic E-state index is -0.275. The Morgan fingerprint density at radius 3 is 2.50 bits per heavy atom. The van der Waals surface area contributed by atoms with Gasteiger partial charge in [0.1, 0.15) is 0 Å². The maximum absolute atomic E-state index is 11.6. The van der Waals surface area contributed by atoms with Crippen LogP contribution in [-0.4, -0.2) is 17.6 Å². The average molecular weight is 275 g/mol. The van der Waals surface area contributed by atoms with Crippen LogP contribution in [0.15, 0.2) is 37.2 Å². The van der Waals surface area contributed by atoms with Crippen LogP contribution in [0.3, 0.4) is 0 Å². The number of allylic oxidation sites excluding steroid dienone is 1. The van der Waals surface area contributed by atoms with E-state index in [0.29, 0.717) is 12.2 Å². The lowest BCUT2D eigenvalue weighted by Gasteiger charge is -2.04. The highest BCUT2D eigenvalue weighted by Gasteiger charge is 2.05. The molecular formula is C17H25NO2. The van der Waals surface area contributed by atoms with Gasteiger partial charge in [-0.25, -0.2) is 4.79 Å². The van der Waals surface area contributed by atoms with Crippen molar-refractivity contribution in [3.63, 3.8) is 0 Å². The second-order valence-corrected chi connectivity index (χ2v) is 4.93. The first-order valence-electron chi connectivity index (χ1n) is 7.52. The second-order valence-electron chi connectivity index (χ2n) is 4.93. The molecule has 20 heavy (non-hydrogen) atoms. The smallest absolute Gasteiger partial charge is 0.339 e. The molecular weight excluding hydrogens is 250 g/mol. The molecule has 0 N–H and O–H groups in total. The first-order chi connectivity index (χ1) is 9.84. The van der Waals surface area contributed by atoms with Gasteiger partial charge in [-0.05, 0) is 31.4 Å². The van der Waals surface area contributed by atoms with Crippen LogP contribution < -0.4 is 0 Å². The lowest BCUT2D eigenvalue weighted by atomic mass is 10.1. The Hall–Kier alpha value is -1.64. The van der Waals surface area contributed by atoms with E-state index in [-0.39, 0.29) is 5.97 Å². The standard InChI is InChI=1S/C17H25NO2/c1-2-3-4-5-6-7-8-9-10-14-20-17(19)16-12-11-13-18-15-16/h2,11-13,15H,1,3-10,14H2. The summed E-state index contributed by atoms with van der Waals surface area (Å²) in [5.41, 5.74) is 0.523. The van der Waals surface area contributed by atoms with E-state index in [1.165, 1.54) is 38.3 Å². The fraction of sp³-hybridized carbons (Fsp3) is 0.529. The molecule has 0 saturated carbocycles. The molecule has 0 aliphatic heterocycles. The van der Waals surface area contributed by atoms with E-state index in [9.17, 15) is 4.79 Å². The van der Waals surface area contributed by atoms with Gasteiger partial charge in [-0.3, -0.25) is 4.98 Å². The van der Waals surface area contributed by atoms with E-state index in [0.717, 1.165) is 19.3 Å². The van der Waals surface area contributed by atoms with E-state index in [4.69, 9.17) is 4.74 Å². The van der Waals surface area contributed by atoms with Gasteiger partial charge in [0.05, 0.1) is 12.2 Å². The summed E-state index contributed by atoms with van der Waals surface area (Å²) in [5.74, 6) is -0.275. The quantitative estimate of drug-likeness (QED) is 0.338. The SMILES string of the molecule is C=CCCCCCCCCCOC(=O)c1cccnc1. The summed E-state index contributed by atoms with van der Waals surface area (Å²) >= 11 is 0. The van der Waals surface area contributed by atoms with Gasteiger partial charge in [-0.2, -0.15) is 0 Å². The van der Waals surface area contributed by atoms with Gasteiger partial charge in [-0.15, -0.1) is 6.58 Å². The van der Waals surface area contributed by atoms with E-state index < -0.39 is 0 Å². The largest absolute Gasteiger partial charge is 0.462 e. The Morgan fingerprint density at radius 2 is 1.85 bits per heavy atom. The first-order valence-corrected chi connectivity index (χ1v) is 7.52. The molecule has 0 amide bonds. The van der Waals surface area contributed by atoms with E-state index in [2.05, 4.69) is 11.6 Å². The van der Waals surface area contributed by atoms with Crippen LogP contribution in [0.1, 0.15) is 61.7 Å². The van der Waals surface area contributed by atoms with Crippen molar-refractivity contribution in [3.8, 4) is 0 Å². The number of carbonyl (C=O) groups is 1. The predicted octanol–water partition coefficient (Wildman–Crippen LogP) is 4.55. The highest BCUT2D eigenvalue weighted by atomic mass is 16.5. The highest BCUT2D eigenvalue weighted by Crippen LogP contribution is 2.09. The number of ether oxygens (including phenoxy) is 1. The minimum absolute atomic E-state index is 0.275. The third-order valence-electron chi connectivity index (χ3n) is 3.18. The van der Waals surface area contributed by atoms with Gasteiger partial charge in [-0.1, -0.05) is 38.2 Å². The summed E-state index contributed by atoms with van der Waals surface area (Å²) in [6, 6.07) is 3.46. The lowest BCUT2D eigenvalue weighted by molar-refractivity contribution is 0.0497. The van der Waals surface area contributed by atoms with Crippen molar-refractivity contribution in [1.29, 1.82) is 0 Å². The molecule has 0 unspecified atom stereocenters. The number of hydrogen-bond donors (Lipinski definition) is 0. The molecule has 1 rings (SSSR count). The number of pyridine rings is 1. The monoisotopic (exact) mass is 275 g/mol. The lowest BCUT2D eigenvalue weighted by Crippen LogP contribution is -2.06. The fourth-order valence-electron chi connectivity index (χ4n) is 2.01. The van der Waals surface area contributed by atoms with Crippen LogP contribution in [0.4, 0.5) is 0 Å². The van der Waals surface area contributed by atoms with Crippen LogP contribution in [-0.2, 0) is 4.74 Å². The average Bonchev–Trinajstić information content (AvgIpc) is 2.50. The highest BCUT2D eigenvalue weighted by molar-refractivity contribution is 5.88. The molecule has 0 fully saturated rings. The molecule has 110 valence electrons. The number of rotatable bonds is 11.